The van der Waals surface area contributed by atoms with Crippen molar-refractivity contribution in [3.05, 3.63) is 60.7 Å². The highest BCUT2D eigenvalue weighted by atomic mass is 28.4. The molecule has 0 heterocycles. The molecule has 0 amide bonds. The Bertz CT molecular complexity index is 663. The van der Waals surface area contributed by atoms with Gasteiger partial charge in [0.1, 0.15) is 8.96 Å². The number of nitrogens with zero attached hydrogens (tertiary/aromatic N) is 2. The van der Waals surface area contributed by atoms with E-state index < -0.39 is 25.9 Å². The molecule has 122 valence electrons. The summed E-state index contributed by atoms with van der Waals surface area (Å²) < 4.78 is 5.58. The fourth-order valence-electron chi connectivity index (χ4n) is 3.64. The molecular formula is C18H29N2Si3+. The zero-order valence-corrected chi connectivity index (χ0v) is 18.4. The summed E-state index contributed by atoms with van der Waals surface area (Å²) in [6, 6.07) is 22.0. The van der Waals surface area contributed by atoms with Crippen molar-refractivity contribution in [1.29, 1.82) is 0 Å². The van der Waals surface area contributed by atoms with Crippen LogP contribution in [0, 0.1) is 0 Å². The number of hydrogen-bond donors (Lipinski definition) is 0. The van der Waals surface area contributed by atoms with Gasteiger partial charge in [-0.15, -0.1) is 0 Å². The standard InChI is InChI=1S/C18H29N2Si3/c1-21(2)19(17-13-9-7-10-14-17)23(5,6)20(22(3)4)18-15-11-8-12-16-18/h7-16,21H,1-6H3/q+1. The van der Waals surface area contributed by atoms with Gasteiger partial charge in [0, 0.05) is 44.0 Å². The zero-order chi connectivity index (χ0) is 17.0. The molecule has 0 N–H and O–H groups in total. The second kappa shape index (κ2) is 7.51. The van der Waals surface area contributed by atoms with Crippen LogP contribution in [-0.4, -0.2) is 29.8 Å². The first-order valence-corrected chi connectivity index (χ1v) is 16.5. The van der Waals surface area contributed by atoms with Gasteiger partial charge in [-0.3, -0.25) is 0 Å². The summed E-state index contributed by atoms with van der Waals surface area (Å²) in [5, 5.41) is 0. The van der Waals surface area contributed by atoms with E-state index >= 15 is 0 Å². The van der Waals surface area contributed by atoms with Crippen LogP contribution in [0.5, 0.6) is 0 Å². The highest BCUT2D eigenvalue weighted by Gasteiger charge is 2.45. The maximum Gasteiger partial charge on any atom is 0.442 e. The first kappa shape index (κ1) is 18.0. The minimum Gasteiger partial charge on any atom is -0.376 e. The molecule has 0 saturated heterocycles. The molecule has 0 bridgehead atoms. The third-order valence-corrected chi connectivity index (χ3v) is 15.9. The van der Waals surface area contributed by atoms with Crippen LogP contribution in [0.2, 0.25) is 39.3 Å². The molecule has 2 aromatic carbocycles. The molecule has 0 aliphatic heterocycles. The van der Waals surface area contributed by atoms with Gasteiger partial charge in [-0.05, 0) is 12.1 Å². The topological polar surface area (TPSA) is 6.25 Å². The van der Waals surface area contributed by atoms with Gasteiger partial charge in [-0.1, -0.05) is 49.5 Å². The Labute approximate surface area is 145 Å². The highest BCUT2D eigenvalue weighted by molar-refractivity contribution is 6.89. The summed E-state index contributed by atoms with van der Waals surface area (Å²) >= 11 is 0. The first-order chi connectivity index (χ1) is 10.9. The summed E-state index contributed by atoms with van der Waals surface area (Å²) in [7, 11) is -3.38. The van der Waals surface area contributed by atoms with Crippen LogP contribution < -0.4 is 4.23 Å². The van der Waals surface area contributed by atoms with E-state index in [-0.39, 0.29) is 0 Å². The monoisotopic (exact) mass is 357 g/mol. The Morgan fingerprint density at radius 3 is 1.78 bits per heavy atom. The van der Waals surface area contributed by atoms with E-state index in [1.165, 1.54) is 11.4 Å². The third kappa shape index (κ3) is 3.97. The Kier molecular flexibility index (Phi) is 5.89. The van der Waals surface area contributed by atoms with E-state index in [2.05, 4.69) is 108 Å². The summed E-state index contributed by atoms with van der Waals surface area (Å²) in [6.45, 7) is 14.7. The van der Waals surface area contributed by atoms with Gasteiger partial charge in [-0.25, -0.2) is 0 Å². The number of hydrogen-bond acceptors (Lipinski definition) is 1. The molecule has 2 nitrogen and oxygen atoms in total. The molecule has 23 heavy (non-hydrogen) atoms. The van der Waals surface area contributed by atoms with E-state index in [1.807, 2.05) is 0 Å². The second-order valence-electron chi connectivity index (χ2n) is 6.91. The summed E-state index contributed by atoms with van der Waals surface area (Å²) in [5.41, 5.74) is 2.79. The smallest absolute Gasteiger partial charge is 0.376 e. The van der Waals surface area contributed by atoms with E-state index in [1.54, 1.807) is 0 Å². The van der Waals surface area contributed by atoms with Crippen LogP contribution in [-0.2, 0) is 0 Å². The number of benzene rings is 2. The molecule has 0 aliphatic carbocycles. The van der Waals surface area contributed by atoms with Crippen molar-refractivity contribution in [3.8, 4) is 0 Å². The van der Waals surface area contributed by atoms with Crippen molar-refractivity contribution in [2.24, 2.45) is 0 Å². The fourth-order valence-corrected chi connectivity index (χ4v) is 17.3. The minimum absolute atomic E-state index is 0.591. The van der Waals surface area contributed by atoms with Crippen LogP contribution in [0.25, 0.3) is 0 Å². The van der Waals surface area contributed by atoms with Gasteiger partial charge >= 0.3 is 17.0 Å². The van der Waals surface area contributed by atoms with E-state index in [9.17, 15) is 0 Å². The van der Waals surface area contributed by atoms with Crippen LogP contribution >= 0.6 is 0 Å². The van der Waals surface area contributed by atoms with Gasteiger partial charge < -0.3 is 8.11 Å². The lowest BCUT2D eigenvalue weighted by Crippen LogP contribution is -2.62. The average molecular weight is 358 g/mol. The Hall–Kier alpha value is -1.31. The molecule has 2 rings (SSSR count). The normalized spacial score (nSPS) is 11.4. The molecule has 0 fully saturated rings. The van der Waals surface area contributed by atoms with Crippen LogP contribution in [0.4, 0.5) is 11.4 Å². The second-order valence-corrected chi connectivity index (χ2v) is 16.8. The molecular weight excluding hydrogens is 328 g/mol. The van der Waals surface area contributed by atoms with Gasteiger partial charge in [0.15, 0.2) is 5.69 Å². The summed E-state index contributed by atoms with van der Waals surface area (Å²) in [6.07, 6.45) is 0. The first-order valence-electron chi connectivity index (χ1n) is 8.35. The Morgan fingerprint density at radius 2 is 1.35 bits per heavy atom. The van der Waals surface area contributed by atoms with Gasteiger partial charge in [0.25, 0.3) is 0 Å². The zero-order valence-electron chi connectivity index (χ0n) is 15.2. The van der Waals surface area contributed by atoms with Gasteiger partial charge in [-0.2, -0.15) is 0 Å². The fraction of sp³-hybridized carbons (Fsp3) is 0.333. The highest BCUT2D eigenvalue weighted by Crippen LogP contribution is 2.28. The lowest BCUT2D eigenvalue weighted by atomic mass is 10.3. The summed E-state index contributed by atoms with van der Waals surface area (Å²) in [4.78, 5) is 0. The minimum atomic E-state index is -1.80. The van der Waals surface area contributed by atoms with Crippen molar-refractivity contribution in [1.82, 2.24) is 0 Å². The number of rotatable bonds is 5. The van der Waals surface area contributed by atoms with Crippen LogP contribution in [0.1, 0.15) is 0 Å². The molecule has 2 aromatic rings. The molecule has 0 unspecified atom stereocenters. The van der Waals surface area contributed by atoms with Crippen molar-refractivity contribution < 1.29 is 3.88 Å². The Balaban J connectivity index is 2.58. The van der Waals surface area contributed by atoms with E-state index in [4.69, 9.17) is 0 Å². The lowest BCUT2D eigenvalue weighted by Gasteiger charge is -2.39. The molecule has 0 spiro atoms. The van der Waals surface area contributed by atoms with Crippen molar-refractivity contribution >= 4 is 37.3 Å². The van der Waals surface area contributed by atoms with Crippen molar-refractivity contribution in [2.75, 3.05) is 4.23 Å². The maximum atomic E-state index is 2.80. The van der Waals surface area contributed by atoms with Crippen molar-refractivity contribution in [2.45, 2.75) is 39.3 Å². The SMILES string of the molecule is C[Si](C)=[N+](c1ccccc1)[Si](C)(C)N(c1ccccc1)[SiH](C)C. The van der Waals surface area contributed by atoms with E-state index in [0.717, 1.165) is 0 Å². The molecule has 0 aromatic heterocycles. The molecule has 5 heteroatoms. The average Bonchev–Trinajstić information content (AvgIpc) is 2.48. The molecule has 0 saturated carbocycles. The molecule has 0 aliphatic rings. The van der Waals surface area contributed by atoms with Crippen LogP contribution in [0.15, 0.2) is 60.7 Å². The number of para-hydroxylation sites is 2. The van der Waals surface area contributed by atoms with E-state index in [0.29, 0.717) is 0 Å². The largest absolute Gasteiger partial charge is 0.442 e. The predicted molar refractivity (Wildman–Crippen MR) is 109 cm³/mol. The summed E-state index contributed by atoms with van der Waals surface area (Å²) in [5.74, 6) is 0. The Morgan fingerprint density at radius 1 is 0.870 bits per heavy atom. The van der Waals surface area contributed by atoms with Gasteiger partial charge in [0.2, 0.25) is 0 Å². The van der Waals surface area contributed by atoms with Crippen LogP contribution in [0.3, 0.4) is 0 Å². The third-order valence-electron chi connectivity index (χ3n) is 4.15. The lowest BCUT2D eigenvalue weighted by molar-refractivity contribution is -0.285. The predicted octanol–water partition coefficient (Wildman–Crippen LogP) is 5.04. The van der Waals surface area contributed by atoms with Gasteiger partial charge in [0.05, 0.1) is 0 Å². The molecule has 0 radical (unpaired) electrons. The van der Waals surface area contributed by atoms with Crippen molar-refractivity contribution in [3.63, 3.8) is 0 Å². The quantitative estimate of drug-likeness (QED) is 0.679. The number of anilines is 1. The maximum absolute atomic E-state index is 2.80. The molecule has 0 atom stereocenters.